The lowest BCUT2D eigenvalue weighted by Crippen LogP contribution is -2.64. The largest absolute Gasteiger partial charge is 0.359 e. The van der Waals surface area contributed by atoms with Crippen LogP contribution in [0.15, 0.2) is 24.3 Å². The van der Waals surface area contributed by atoms with Crippen molar-refractivity contribution in [2.75, 3.05) is 20.5 Å². The third-order valence-electron chi connectivity index (χ3n) is 3.82. The zero-order valence-corrected chi connectivity index (χ0v) is 19.3. The maximum absolute atomic E-state index is 5.94. The summed E-state index contributed by atoms with van der Waals surface area (Å²) >= 11 is 5.94. The number of halogens is 1. The molecule has 1 aromatic carbocycles. The van der Waals surface area contributed by atoms with Crippen LogP contribution in [0.2, 0.25) is 44.3 Å². The molecule has 0 saturated carbocycles. The van der Waals surface area contributed by atoms with E-state index in [1.54, 1.807) is 7.11 Å². The Hall–Kier alpha value is -0.616. The van der Waals surface area contributed by atoms with E-state index in [4.69, 9.17) is 21.1 Å². The van der Waals surface area contributed by atoms with Crippen LogP contribution in [0.25, 0.3) is 0 Å². The summed E-state index contributed by atoms with van der Waals surface area (Å²) in [7, 11) is -1.11. The van der Waals surface area contributed by atoms with E-state index in [0.717, 1.165) is 10.6 Å². The maximum atomic E-state index is 5.94. The van der Waals surface area contributed by atoms with Gasteiger partial charge in [-0.1, -0.05) is 62.7 Å². The first-order valence-corrected chi connectivity index (χ1v) is 16.2. The fourth-order valence-corrected chi connectivity index (χ4v) is 15.0. The van der Waals surface area contributed by atoms with Gasteiger partial charge in [0.25, 0.3) is 0 Å². The zero-order chi connectivity index (χ0) is 19.1. The number of methoxy groups -OCH3 is 1. The molecule has 0 aromatic heterocycles. The lowest BCUT2D eigenvalue weighted by atomic mass is 10.2. The van der Waals surface area contributed by atoms with E-state index in [-0.39, 0.29) is 12.8 Å². The second-order valence-corrected chi connectivity index (χ2v) is 20.1. The summed E-state index contributed by atoms with van der Waals surface area (Å²) in [4.78, 5) is 0. The van der Waals surface area contributed by atoms with Gasteiger partial charge in [-0.05, 0) is 29.6 Å². The molecule has 6 heteroatoms. The van der Waals surface area contributed by atoms with Crippen molar-refractivity contribution in [2.24, 2.45) is 0 Å². The summed E-state index contributed by atoms with van der Waals surface area (Å²) in [5.41, 5.74) is 0.959. The fourth-order valence-electron chi connectivity index (χ4n) is 3.08. The SMILES string of the molecule is COCOCC(C#Cc1ccc(Cl)cc1)NC([Si](C)(C)C)[Si](C)(C)C. The number of hydrogen-bond donors (Lipinski definition) is 1. The Morgan fingerprint density at radius 2 is 1.60 bits per heavy atom. The molecule has 1 aromatic rings. The zero-order valence-electron chi connectivity index (χ0n) is 16.6. The van der Waals surface area contributed by atoms with Gasteiger partial charge in [0.1, 0.15) is 6.79 Å². The van der Waals surface area contributed by atoms with Gasteiger partial charge in [-0.25, -0.2) is 0 Å². The molecule has 140 valence electrons. The monoisotopic (exact) mass is 397 g/mol. The molecule has 25 heavy (non-hydrogen) atoms. The van der Waals surface area contributed by atoms with Crippen LogP contribution in [0.4, 0.5) is 0 Å². The predicted molar refractivity (Wildman–Crippen MR) is 114 cm³/mol. The highest BCUT2D eigenvalue weighted by molar-refractivity contribution is 6.96. The Labute approximate surface area is 160 Å². The third-order valence-corrected chi connectivity index (χ3v) is 13.1. The van der Waals surface area contributed by atoms with E-state index in [1.807, 2.05) is 24.3 Å². The molecule has 0 radical (unpaired) electrons. The van der Waals surface area contributed by atoms with Crippen molar-refractivity contribution in [1.82, 2.24) is 5.32 Å². The van der Waals surface area contributed by atoms with E-state index in [9.17, 15) is 0 Å². The number of ether oxygens (including phenoxy) is 2. The number of hydrogen-bond acceptors (Lipinski definition) is 3. The smallest absolute Gasteiger partial charge is 0.146 e. The molecule has 1 atom stereocenters. The lowest BCUT2D eigenvalue weighted by Gasteiger charge is -2.40. The Morgan fingerprint density at radius 1 is 1.04 bits per heavy atom. The first-order valence-electron chi connectivity index (χ1n) is 8.64. The maximum Gasteiger partial charge on any atom is 0.146 e. The van der Waals surface area contributed by atoms with E-state index in [1.165, 1.54) is 0 Å². The number of nitrogens with one attached hydrogen (secondary N) is 1. The average molecular weight is 398 g/mol. The minimum absolute atomic E-state index is 0.0192. The van der Waals surface area contributed by atoms with E-state index < -0.39 is 16.1 Å². The summed E-state index contributed by atoms with van der Waals surface area (Å²) < 4.78 is 10.6. The standard InChI is InChI=1S/C19H32ClNO2Si2/c1-22-15-23-14-18(13-10-16-8-11-17(20)12-9-16)21-19(24(2,3)4)25(5,6)7/h8-9,11-12,18-19,21H,14-15H2,1-7H3. The first kappa shape index (κ1) is 22.4. The van der Waals surface area contributed by atoms with Crippen LogP contribution in [-0.2, 0) is 9.47 Å². The van der Waals surface area contributed by atoms with Crippen LogP contribution >= 0.6 is 11.6 Å². The molecule has 0 aliphatic carbocycles. The highest BCUT2D eigenvalue weighted by atomic mass is 35.5. The Balaban J connectivity index is 2.97. The van der Waals surface area contributed by atoms with Crippen LogP contribution in [0.3, 0.4) is 0 Å². The highest BCUT2D eigenvalue weighted by Crippen LogP contribution is 2.19. The molecule has 1 rings (SSSR count). The Bertz CT molecular complexity index is 569. The van der Waals surface area contributed by atoms with Gasteiger partial charge in [0.15, 0.2) is 0 Å². The summed E-state index contributed by atoms with van der Waals surface area (Å²) in [5, 5.41) is 5.09. The van der Waals surface area contributed by atoms with Gasteiger partial charge in [0, 0.05) is 17.7 Å². The van der Waals surface area contributed by atoms with Gasteiger partial charge >= 0.3 is 0 Å². The molecule has 0 amide bonds. The molecule has 0 heterocycles. The minimum Gasteiger partial charge on any atom is -0.359 e. The molecular weight excluding hydrogens is 366 g/mol. The summed E-state index contributed by atoms with van der Waals surface area (Å²) in [5.74, 6) is 6.59. The molecule has 0 bridgehead atoms. The van der Waals surface area contributed by atoms with Gasteiger partial charge in [0.05, 0.1) is 28.8 Å². The normalized spacial score (nSPS) is 13.5. The molecule has 0 saturated heterocycles. The van der Waals surface area contributed by atoms with Crippen molar-refractivity contribution in [3.8, 4) is 11.8 Å². The molecule has 0 aliphatic heterocycles. The van der Waals surface area contributed by atoms with Gasteiger partial charge in [-0.2, -0.15) is 0 Å². The lowest BCUT2D eigenvalue weighted by molar-refractivity contribution is -0.0335. The highest BCUT2D eigenvalue weighted by Gasteiger charge is 2.38. The second-order valence-electron chi connectivity index (χ2n) is 8.44. The van der Waals surface area contributed by atoms with Crippen LogP contribution in [0.1, 0.15) is 5.56 Å². The van der Waals surface area contributed by atoms with Gasteiger partial charge in [-0.15, -0.1) is 0 Å². The molecular formula is C19H32ClNO2Si2. The third kappa shape index (κ3) is 8.54. The van der Waals surface area contributed by atoms with Crippen LogP contribution < -0.4 is 5.32 Å². The van der Waals surface area contributed by atoms with E-state index >= 15 is 0 Å². The second kappa shape index (κ2) is 9.91. The van der Waals surface area contributed by atoms with E-state index in [2.05, 4.69) is 56.4 Å². The molecule has 0 aliphatic rings. The molecule has 0 spiro atoms. The van der Waals surface area contributed by atoms with E-state index in [0.29, 0.717) is 11.9 Å². The van der Waals surface area contributed by atoms with Crippen LogP contribution in [0, 0.1) is 11.8 Å². The van der Waals surface area contributed by atoms with Crippen molar-refractivity contribution in [1.29, 1.82) is 0 Å². The summed E-state index contributed by atoms with van der Waals surface area (Å²) in [6.07, 6.45) is 0. The average Bonchev–Trinajstić information content (AvgIpc) is 2.48. The van der Waals surface area contributed by atoms with Gasteiger partial charge in [0.2, 0.25) is 0 Å². The van der Waals surface area contributed by atoms with Crippen molar-refractivity contribution in [3.05, 3.63) is 34.9 Å². The number of rotatable bonds is 8. The van der Waals surface area contributed by atoms with Crippen molar-refractivity contribution in [2.45, 2.75) is 50.6 Å². The topological polar surface area (TPSA) is 30.5 Å². The van der Waals surface area contributed by atoms with Crippen molar-refractivity contribution in [3.63, 3.8) is 0 Å². The first-order chi connectivity index (χ1) is 11.5. The van der Waals surface area contributed by atoms with Crippen LogP contribution in [0.5, 0.6) is 0 Å². The minimum atomic E-state index is -1.37. The Morgan fingerprint density at radius 3 is 2.08 bits per heavy atom. The number of benzene rings is 1. The van der Waals surface area contributed by atoms with Gasteiger partial charge < -0.3 is 14.8 Å². The summed E-state index contributed by atoms with van der Waals surface area (Å²) in [6.45, 7) is 15.3. The van der Waals surface area contributed by atoms with Crippen molar-refractivity contribution >= 4 is 27.7 Å². The molecule has 0 fully saturated rings. The molecule has 1 unspecified atom stereocenters. The fraction of sp³-hybridized carbons (Fsp3) is 0.579. The predicted octanol–water partition coefficient (Wildman–Crippen LogP) is 4.39. The molecule has 3 nitrogen and oxygen atoms in total. The quantitative estimate of drug-likeness (QED) is 0.305. The summed E-state index contributed by atoms with van der Waals surface area (Å²) in [6, 6.07) is 7.59. The molecule has 1 N–H and O–H groups in total. The van der Waals surface area contributed by atoms with Crippen molar-refractivity contribution < 1.29 is 9.47 Å². The van der Waals surface area contributed by atoms with Crippen LogP contribution in [-0.4, -0.2) is 48.0 Å². The Kier molecular flexibility index (Phi) is 8.89. The van der Waals surface area contributed by atoms with Gasteiger partial charge in [-0.3, -0.25) is 0 Å².